The highest BCUT2D eigenvalue weighted by Gasteiger charge is 2.28. The molecule has 4 nitrogen and oxygen atoms in total. The van der Waals surface area contributed by atoms with Gasteiger partial charge < -0.3 is 14.2 Å². The third kappa shape index (κ3) is 4.50. The van der Waals surface area contributed by atoms with E-state index in [9.17, 15) is 18.0 Å². The minimum Gasteiger partial charge on any atom is -0.491 e. The summed E-state index contributed by atoms with van der Waals surface area (Å²) in [7, 11) is 0. The van der Waals surface area contributed by atoms with Crippen LogP contribution in [0.3, 0.4) is 0 Å². The third-order valence-corrected chi connectivity index (χ3v) is 3.61. The van der Waals surface area contributed by atoms with Crippen molar-refractivity contribution in [3.05, 3.63) is 35.9 Å². The maximum atomic E-state index is 13.9. The van der Waals surface area contributed by atoms with Crippen LogP contribution >= 0.6 is 0 Å². The molecular formula is C17H19F3O4. The number of hydrogen-bond acceptors (Lipinski definition) is 4. The van der Waals surface area contributed by atoms with E-state index in [2.05, 4.69) is 0 Å². The molecule has 2 rings (SSSR count). The summed E-state index contributed by atoms with van der Waals surface area (Å²) in [5.74, 6) is -4.45. The Kier molecular flexibility index (Phi) is 6.66. The summed E-state index contributed by atoms with van der Waals surface area (Å²) in [6, 6.07) is 2.36. The number of ether oxygens (including phenoxy) is 3. The average molecular weight is 344 g/mol. The highest BCUT2D eigenvalue weighted by Crippen LogP contribution is 2.29. The van der Waals surface area contributed by atoms with Crippen molar-refractivity contribution in [2.45, 2.75) is 25.9 Å². The van der Waals surface area contributed by atoms with Gasteiger partial charge >= 0.3 is 5.97 Å². The van der Waals surface area contributed by atoms with Gasteiger partial charge in [-0.3, -0.25) is 4.79 Å². The molecule has 2 atom stereocenters. The van der Waals surface area contributed by atoms with Gasteiger partial charge in [0, 0.05) is 0 Å². The molecule has 1 aliphatic heterocycles. The van der Waals surface area contributed by atoms with Crippen LogP contribution in [0.5, 0.6) is 11.5 Å². The van der Waals surface area contributed by atoms with Crippen LogP contribution in [0.25, 0.3) is 0 Å². The van der Waals surface area contributed by atoms with E-state index in [4.69, 9.17) is 14.2 Å². The Morgan fingerprint density at radius 1 is 1.29 bits per heavy atom. The normalized spacial score (nSPS) is 21.0. The quantitative estimate of drug-likeness (QED) is 0.449. The molecule has 1 aliphatic rings. The Labute approximate surface area is 138 Å². The second kappa shape index (κ2) is 8.73. The van der Waals surface area contributed by atoms with Crippen molar-refractivity contribution in [3.63, 3.8) is 0 Å². The fraction of sp³-hybridized carbons (Fsp3) is 0.471. The van der Waals surface area contributed by atoms with E-state index in [1.807, 2.05) is 0 Å². The fourth-order valence-corrected chi connectivity index (χ4v) is 2.36. The van der Waals surface area contributed by atoms with Gasteiger partial charge in [-0.05, 0) is 31.9 Å². The number of alkyl halides is 1. The minimum absolute atomic E-state index is 0.0846. The van der Waals surface area contributed by atoms with Gasteiger partial charge in [0.2, 0.25) is 11.6 Å². The Hall–Kier alpha value is -2.02. The molecule has 1 fully saturated rings. The zero-order valence-electron chi connectivity index (χ0n) is 13.3. The van der Waals surface area contributed by atoms with Gasteiger partial charge in [-0.1, -0.05) is 12.2 Å². The first-order chi connectivity index (χ1) is 11.6. The van der Waals surface area contributed by atoms with Gasteiger partial charge in [-0.15, -0.1) is 0 Å². The number of hydrogen-bond donors (Lipinski definition) is 0. The van der Waals surface area contributed by atoms with Gasteiger partial charge in [0.15, 0.2) is 11.5 Å². The average Bonchev–Trinajstić information content (AvgIpc) is 2.60. The summed E-state index contributed by atoms with van der Waals surface area (Å²) in [4.78, 5) is 12.1. The van der Waals surface area contributed by atoms with E-state index in [0.717, 1.165) is 6.07 Å². The SMILES string of the molecule is CCOc1ccc(OC(=O)C2CCC(C=CCF)OC2)c(F)c1F. The predicted octanol–water partition coefficient (Wildman–Crippen LogP) is 3.59. The maximum absolute atomic E-state index is 13.9. The molecule has 0 aromatic heterocycles. The van der Waals surface area contributed by atoms with Crippen LogP contribution in [0.15, 0.2) is 24.3 Å². The Morgan fingerprint density at radius 2 is 2.00 bits per heavy atom. The highest BCUT2D eigenvalue weighted by atomic mass is 19.2. The van der Waals surface area contributed by atoms with Crippen molar-refractivity contribution in [1.29, 1.82) is 0 Å². The standard InChI is InChI=1S/C17H19F3O4/c1-2-22-13-7-8-14(16(20)15(13)19)24-17(21)11-5-6-12(23-10-11)4-3-9-18/h3-4,7-8,11-12H,2,5-6,9-10H2,1H3. The molecule has 1 aromatic rings. The maximum Gasteiger partial charge on any atom is 0.316 e. The van der Waals surface area contributed by atoms with E-state index in [0.29, 0.717) is 12.8 Å². The first-order valence-corrected chi connectivity index (χ1v) is 7.73. The number of rotatable bonds is 6. The molecule has 2 unspecified atom stereocenters. The minimum atomic E-state index is -1.27. The lowest BCUT2D eigenvalue weighted by molar-refractivity contribution is -0.144. The summed E-state index contributed by atoms with van der Waals surface area (Å²) < 4.78 is 55.0. The third-order valence-electron chi connectivity index (χ3n) is 3.61. The van der Waals surface area contributed by atoms with E-state index >= 15 is 0 Å². The first-order valence-electron chi connectivity index (χ1n) is 7.73. The van der Waals surface area contributed by atoms with Crippen LogP contribution in [0.1, 0.15) is 19.8 Å². The van der Waals surface area contributed by atoms with Crippen molar-refractivity contribution in [2.24, 2.45) is 5.92 Å². The van der Waals surface area contributed by atoms with Crippen LogP contribution in [-0.4, -0.2) is 32.0 Å². The summed E-state index contributed by atoms with van der Waals surface area (Å²) in [6.45, 7) is 1.34. The van der Waals surface area contributed by atoms with Crippen molar-refractivity contribution < 1.29 is 32.2 Å². The molecule has 0 aliphatic carbocycles. The molecule has 0 N–H and O–H groups in total. The summed E-state index contributed by atoms with van der Waals surface area (Å²) in [5, 5.41) is 0. The summed E-state index contributed by atoms with van der Waals surface area (Å²) >= 11 is 0. The molecule has 0 bridgehead atoms. The van der Waals surface area contributed by atoms with Gasteiger partial charge in [0.1, 0.15) is 6.67 Å². The Bertz CT molecular complexity index is 596. The van der Waals surface area contributed by atoms with Gasteiger partial charge in [0.05, 0.1) is 25.2 Å². The number of allylic oxidation sites excluding steroid dienone is 1. The van der Waals surface area contributed by atoms with Gasteiger partial charge in [-0.25, -0.2) is 4.39 Å². The fourth-order valence-electron chi connectivity index (χ4n) is 2.36. The lowest BCUT2D eigenvalue weighted by Gasteiger charge is -2.26. The van der Waals surface area contributed by atoms with Crippen LogP contribution in [-0.2, 0) is 9.53 Å². The number of halogens is 3. The number of esters is 1. The lowest BCUT2D eigenvalue weighted by Crippen LogP contribution is -2.32. The molecule has 0 radical (unpaired) electrons. The van der Waals surface area contributed by atoms with Crippen molar-refractivity contribution in [1.82, 2.24) is 0 Å². The molecule has 0 amide bonds. The van der Waals surface area contributed by atoms with Crippen LogP contribution in [0, 0.1) is 17.6 Å². The van der Waals surface area contributed by atoms with Crippen molar-refractivity contribution in [2.75, 3.05) is 19.9 Å². The van der Waals surface area contributed by atoms with E-state index < -0.39 is 35.9 Å². The van der Waals surface area contributed by atoms with E-state index in [-0.39, 0.29) is 25.1 Å². The zero-order valence-corrected chi connectivity index (χ0v) is 13.3. The highest BCUT2D eigenvalue weighted by molar-refractivity contribution is 5.75. The van der Waals surface area contributed by atoms with Gasteiger partial charge in [-0.2, -0.15) is 8.78 Å². The summed E-state index contributed by atoms with van der Waals surface area (Å²) in [6.07, 6.45) is 3.69. The second-order valence-electron chi connectivity index (χ2n) is 5.27. The van der Waals surface area contributed by atoms with E-state index in [1.54, 1.807) is 13.0 Å². The van der Waals surface area contributed by atoms with Crippen LogP contribution in [0.4, 0.5) is 13.2 Å². The topological polar surface area (TPSA) is 44.8 Å². The lowest BCUT2D eigenvalue weighted by atomic mass is 9.98. The number of carbonyl (C=O) groups is 1. The number of carbonyl (C=O) groups excluding carboxylic acids is 1. The van der Waals surface area contributed by atoms with Crippen LogP contribution in [0.2, 0.25) is 0 Å². The Balaban J connectivity index is 1.96. The van der Waals surface area contributed by atoms with Crippen molar-refractivity contribution in [3.8, 4) is 11.5 Å². The first kappa shape index (κ1) is 18.3. The molecule has 1 heterocycles. The van der Waals surface area contributed by atoms with Crippen molar-refractivity contribution >= 4 is 5.97 Å². The molecular weight excluding hydrogens is 325 g/mol. The molecule has 0 spiro atoms. The zero-order chi connectivity index (χ0) is 17.5. The molecule has 24 heavy (non-hydrogen) atoms. The smallest absolute Gasteiger partial charge is 0.316 e. The molecule has 1 saturated heterocycles. The predicted molar refractivity (Wildman–Crippen MR) is 80.7 cm³/mol. The van der Waals surface area contributed by atoms with E-state index in [1.165, 1.54) is 12.1 Å². The monoisotopic (exact) mass is 344 g/mol. The molecule has 7 heteroatoms. The molecule has 1 aromatic carbocycles. The largest absolute Gasteiger partial charge is 0.491 e. The molecule has 132 valence electrons. The number of benzene rings is 1. The van der Waals surface area contributed by atoms with Crippen LogP contribution < -0.4 is 9.47 Å². The second-order valence-corrected chi connectivity index (χ2v) is 5.27. The summed E-state index contributed by atoms with van der Waals surface area (Å²) in [5.41, 5.74) is 0. The Morgan fingerprint density at radius 3 is 2.62 bits per heavy atom. The molecule has 0 saturated carbocycles. The van der Waals surface area contributed by atoms with Gasteiger partial charge in [0.25, 0.3) is 0 Å².